The number of rotatable bonds is 5. The summed E-state index contributed by atoms with van der Waals surface area (Å²) >= 11 is 0. The van der Waals surface area contributed by atoms with E-state index in [-0.39, 0.29) is 5.92 Å². The van der Waals surface area contributed by atoms with Crippen LogP contribution >= 0.6 is 0 Å². The van der Waals surface area contributed by atoms with Crippen LogP contribution in [-0.2, 0) is 4.79 Å². The molecule has 0 bridgehead atoms. The van der Waals surface area contributed by atoms with Crippen LogP contribution in [-0.4, -0.2) is 17.1 Å². The summed E-state index contributed by atoms with van der Waals surface area (Å²) in [6.45, 7) is 8.07. The van der Waals surface area contributed by atoms with E-state index < -0.39 is 12.0 Å². The summed E-state index contributed by atoms with van der Waals surface area (Å²) in [5.41, 5.74) is 2.11. The zero-order chi connectivity index (χ0) is 13.0. The third kappa shape index (κ3) is 3.77. The molecule has 1 aromatic rings. The molecule has 0 aromatic heterocycles. The van der Waals surface area contributed by atoms with Crippen molar-refractivity contribution in [2.45, 2.75) is 39.7 Å². The van der Waals surface area contributed by atoms with Crippen molar-refractivity contribution < 1.29 is 9.90 Å². The first-order chi connectivity index (χ1) is 7.91. The molecule has 0 aliphatic rings. The van der Waals surface area contributed by atoms with Crippen LogP contribution in [0.3, 0.4) is 0 Å². The largest absolute Gasteiger partial charge is 0.480 e. The van der Waals surface area contributed by atoms with Gasteiger partial charge in [-0.3, -0.25) is 0 Å². The number of anilines is 1. The Morgan fingerprint density at radius 1 is 1.12 bits per heavy atom. The number of hydrogen-bond acceptors (Lipinski definition) is 2. The Bertz CT molecular complexity index is 368. The summed E-state index contributed by atoms with van der Waals surface area (Å²) in [6, 6.07) is 7.40. The summed E-state index contributed by atoms with van der Waals surface area (Å²) in [6.07, 6.45) is 0. The van der Waals surface area contributed by atoms with E-state index in [4.69, 9.17) is 5.11 Å². The Kier molecular flexibility index (Phi) is 4.55. The number of aliphatic carboxylic acids is 1. The Balaban J connectivity index is 2.77. The molecular weight excluding hydrogens is 214 g/mol. The maximum atomic E-state index is 11.1. The molecule has 3 heteroatoms. The molecule has 1 aromatic carbocycles. The lowest BCUT2D eigenvalue weighted by Gasteiger charge is -2.19. The van der Waals surface area contributed by atoms with Gasteiger partial charge < -0.3 is 10.4 Å². The first-order valence-corrected chi connectivity index (χ1v) is 6.01. The van der Waals surface area contributed by atoms with Gasteiger partial charge in [-0.2, -0.15) is 0 Å². The quantitative estimate of drug-likeness (QED) is 0.823. The number of carboxylic acid groups (broad SMARTS) is 1. The Morgan fingerprint density at radius 2 is 1.65 bits per heavy atom. The van der Waals surface area contributed by atoms with Gasteiger partial charge in [0.15, 0.2) is 0 Å². The van der Waals surface area contributed by atoms with E-state index in [1.807, 2.05) is 38.1 Å². The van der Waals surface area contributed by atoms with Gasteiger partial charge in [-0.25, -0.2) is 4.79 Å². The molecule has 0 heterocycles. The molecule has 0 saturated carbocycles. The van der Waals surface area contributed by atoms with E-state index in [1.54, 1.807) is 0 Å². The fourth-order valence-electron chi connectivity index (χ4n) is 1.66. The molecule has 1 rings (SSSR count). The van der Waals surface area contributed by atoms with Gasteiger partial charge in [0.25, 0.3) is 0 Å². The van der Waals surface area contributed by atoms with Gasteiger partial charge >= 0.3 is 5.97 Å². The summed E-state index contributed by atoms with van der Waals surface area (Å²) in [5, 5.41) is 12.1. The molecule has 0 aliphatic carbocycles. The number of benzene rings is 1. The lowest BCUT2D eigenvalue weighted by molar-refractivity contribution is -0.138. The Morgan fingerprint density at radius 3 is 2.00 bits per heavy atom. The van der Waals surface area contributed by atoms with Crippen molar-refractivity contribution in [3.63, 3.8) is 0 Å². The maximum absolute atomic E-state index is 11.1. The molecule has 0 fully saturated rings. The molecule has 0 amide bonds. The first-order valence-electron chi connectivity index (χ1n) is 6.01. The average molecular weight is 235 g/mol. The molecular formula is C14H21NO2. The minimum atomic E-state index is -0.812. The van der Waals surface area contributed by atoms with Crippen molar-refractivity contribution in [3.8, 4) is 0 Å². The minimum Gasteiger partial charge on any atom is -0.480 e. The third-order valence-electron chi connectivity index (χ3n) is 2.83. The SMILES string of the molecule is CC(C)c1ccc(NC(C(=O)O)C(C)C)cc1. The normalized spacial score (nSPS) is 12.8. The topological polar surface area (TPSA) is 49.3 Å². The second-order valence-corrected chi connectivity index (χ2v) is 4.98. The minimum absolute atomic E-state index is 0.0530. The molecule has 1 atom stereocenters. The smallest absolute Gasteiger partial charge is 0.326 e. The molecule has 17 heavy (non-hydrogen) atoms. The summed E-state index contributed by atoms with van der Waals surface area (Å²) < 4.78 is 0. The summed E-state index contributed by atoms with van der Waals surface area (Å²) in [5.74, 6) is -0.269. The monoisotopic (exact) mass is 235 g/mol. The van der Waals surface area contributed by atoms with Gasteiger partial charge in [0.1, 0.15) is 6.04 Å². The van der Waals surface area contributed by atoms with Gasteiger partial charge in [-0.05, 0) is 29.5 Å². The predicted octanol–water partition coefficient (Wildman–Crippen LogP) is 3.33. The predicted molar refractivity (Wildman–Crippen MR) is 70.4 cm³/mol. The second kappa shape index (κ2) is 5.71. The number of nitrogens with one attached hydrogen (secondary N) is 1. The van der Waals surface area contributed by atoms with E-state index in [1.165, 1.54) is 5.56 Å². The zero-order valence-electron chi connectivity index (χ0n) is 10.9. The molecule has 1 unspecified atom stereocenters. The van der Waals surface area contributed by atoms with Gasteiger partial charge in [-0.15, -0.1) is 0 Å². The van der Waals surface area contributed by atoms with Crippen LogP contribution in [0.4, 0.5) is 5.69 Å². The fraction of sp³-hybridized carbons (Fsp3) is 0.500. The molecule has 0 aliphatic heterocycles. The summed E-state index contributed by atoms with van der Waals surface area (Å²) in [4.78, 5) is 11.1. The number of hydrogen-bond donors (Lipinski definition) is 2. The molecule has 3 nitrogen and oxygen atoms in total. The van der Waals surface area contributed by atoms with Crippen LogP contribution < -0.4 is 5.32 Å². The van der Waals surface area contributed by atoms with Crippen LogP contribution in [0.15, 0.2) is 24.3 Å². The highest BCUT2D eigenvalue weighted by Crippen LogP contribution is 2.18. The summed E-state index contributed by atoms with van der Waals surface area (Å²) in [7, 11) is 0. The van der Waals surface area contributed by atoms with Crippen LogP contribution in [0.25, 0.3) is 0 Å². The third-order valence-corrected chi connectivity index (χ3v) is 2.83. The van der Waals surface area contributed by atoms with Gasteiger partial charge in [-0.1, -0.05) is 39.8 Å². The van der Waals surface area contributed by atoms with E-state index >= 15 is 0 Å². The van der Waals surface area contributed by atoms with E-state index in [2.05, 4.69) is 19.2 Å². The lowest BCUT2D eigenvalue weighted by atomic mass is 10.0. The molecule has 0 radical (unpaired) electrons. The van der Waals surface area contributed by atoms with Crippen LogP contribution in [0.5, 0.6) is 0 Å². The lowest BCUT2D eigenvalue weighted by Crippen LogP contribution is -2.34. The fourth-order valence-corrected chi connectivity index (χ4v) is 1.66. The first kappa shape index (κ1) is 13.6. The highest BCUT2D eigenvalue weighted by molar-refractivity contribution is 5.77. The van der Waals surface area contributed by atoms with Gasteiger partial charge in [0, 0.05) is 5.69 Å². The van der Waals surface area contributed by atoms with E-state index in [9.17, 15) is 4.79 Å². The molecule has 0 spiro atoms. The second-order valence-electron chi connectivity index (χ2n) is 4.98. The van der Waals surface area contributed by atoms with Crippen molar-refractivity contribution in [2.24, 2.45) is 5.92 Å². The van der Waals surface area contributed by atoms with E-state index in [0.29, 0.717) is 5.92 Å². The van der Waals surface area contributed by atoms with Crippen LogP contribution in [0.1, 0.15) is 39.2 Å². The zero-order valence-corrected chi connectivity index (χ0v) is 10.9. The van der Waals surface area contributed by atoms with Gasteiger partial charge in [0.05, 0.1) is 0 Å². The standard InChI is InChI=1S/C14H21NO2/c1-9(2)11-5-7-12(8-6-11)15-13(10(3)4)14(16)17/h5-10,13,15H,1-4H3,(H,16,17). The Hall–Kier alpha value is -1.51. The van der Waals surface area contributed by atoms with Crippen molar-refractivity contribution in [2.75, 3.05) is 5.32 Å². The van der Waals surface area contributed by atoms with Crippen molar-refractivity contribution in [1.82, 2.24) is 0 Å². The number of carbonyl (C=O) groups is 1. The molecule has 94 valence electrons. The molecule has 2 N–H and O–H groups in total. The highest BCUT2D eigenvalue weighted by Gasteiger charge is 2.20. The average Bonchev–Trinajstić information content (AvgIpc) is 2.25. The van der Waals surface area contributed by atoms with E-state index in [0.717, 1.165) is 5.69 Å². The number of carboxylic acids is 1. The highest BCUT2D eigenvalue weighted by atomic mass is 16.4. The van der Waals surface area contributed by atoms with Gasteiger partial charge in [0.2, 0.25) is 0 Å². The van der Waals surface area contributed by atoms with Crippen molar-refractivity contribution in [1.29, 1.82) is 0 Å². The molecule has 0 saturated heterocycles. The van der Waals surface area contributed by atoms with Crippen molar-refractivity contribution in [3.05, 3.63) is 29.8 Å². The van der Waals surface area contributed by atoms with Crippen LogP contribution in [0.2, 0.25) is 0 Å². The van der Waals surface area contributed by atoms with Crippen molar-refractivity contribution >= 4 is 11.7 Å². The Labute approximate surface area is 103 Å². The maximum Gasteiger partial charge on any atom is 0.326 e. The van der Waals surface area contributed by atoms with Crippen LogP contribution in [0, 0.1) is 5.92 Å².